The lowest BCUT2D eigenvalue weighted by Gasteiger charge is -2.28. The van der Waals surface area contributed by atoms with Crippen LogP contribution in [0.2, 0.25) is 0 Å². The van der Waals surface area contributed by atoms with Crippen molar-refractivity contribution in [1.82, 2.24) is 9.97 Å². The van der Waals surface area contributed by atoms with Crippen LogP contribution in [0.1, 0.15) is 11.3 Å². The molecule has 1 fully saturated rings. The van der Waals surface area contributed by atoms with Crippen LogP contribution in [-0.4, -0.2) is 43.4 Å². The van der Waals surface area contributed by atoms with E-state index in [0.717, 1.165) is 49.1 Å². The maximum Gasteiger partial charge on any atom is 0.225 e. The molecule has 0 amide bonds. The molecule has 0 spiro atoms. The highest BCUT2D eigenvalue weighted by Crippen LogP contribution is 2.17. The minimum absolute atomic E-state index is 0.655. The monoisotopic (exact) mass is 314 g/mol. The fourth-order valence-corrected chi connectivity index (χ4v) is 2.51. The van der Waals surface area contributed by atoms with E-state index < -0.39 is 0 Å². The lowest BCUT2D eigenvalue weighted by molar-refractivity contribution is 0.122. The van der Waals surface area contributed by atoms with Gasteiger partial charge < -0.3 is 19.7 Å². The van der Waals surface area contributed by atoms with Gasteiger partial charge in [0.05, 0.1) is 20.3 Å². The molecule has 0 unspecified atom stereocenters. The summed E-state index contributed by atoms with van der Waals surface area (Å²) in [5.74, 6) is 2.47. The van der Waals surface area contributed by atoms with Gasteiger partial charge in [0.25, 0.3) is 0 Å². The van der Waals surface area contributed by atoms with Crippen LogP contribution < -0.4 is 15.0 Å². The number of benzene rings is 1. The third-order valence-corrected chi connectivity index (χ3v) is 3.79. The first-order chi connectivity index (χ1) is 11.2. The number of rotatable bonds is 5. The number of aryl methyl sites for hydroxylation is 1. The van der Waals surface area contributed by atoms with Gasteiger partial charge in [0, 0.05) is 31.4 Å². The van der Waals surface area contributed by atoms with Crippen molar-refractivity contribution in [2.45, 2.75) is 13.5 Å². The number of aromatic nitrogens is 2. The molecule has 3 rings (SSSR count). The van der Waals surface area contributed by atoms with Gasteiger partial charge in [0.15, 0.2) is 0 Å². The third-order valence-electron chi connectivity index (χ3n) is 3.79. The summed E-state index contributed by atoms with van der Waals surface area (Å²) in [5.41, 5.74) is 2.11. The Hall–Kier alpha value is -2.34. The van der Waals surface area contributed by atoms with E-state index in [2.05, 4.69) is 20.2 Å². The van der Waals surface area contributed by atoms with Crippen LogP contribution in [0.4, 0.5) is 11.8 Å². The number of hydrogen-bond acceptors (Lipinski definition) is 6. The molecule has 122 valence electrons. The van der Waals surface area contributed by atoms with Gasteiger partial charge in [-0.25, -0.2) is 4.98 Å². The zero-order valence-electron chi connectivity index (χ0n) is 13.6. The average molecular weight is 314 g/mol. The van der Waals surface area contributed by atoms with Gasteiger partial charge in [-0.3, -0.25) is 0 Å². The molecular formula is C17H22N4O2. The lowest BCUT2D eigenvalue weighted by Crippen LogP contribution is -2.37. The molecule has 0 aliphatic carbocycles. The molecule has 1 saturated heterocycles. The predicted octanol–water partition coefficient (Wildman–Crippen LogP) is 2.24. The molecule has 1 aliphatic heterocycles. The second-order valence-electron chi connectivity index (χ2n) is 5.49. The molecule has 0 saturated carbocycles. The van der Waals surface area contributed by atoms with Crippen LogP contribution in [0.15, 0.2) is 30.3 Å². The first-order valence-electron chi connectivity index (χ1n) is 7.80. The minimum Gasteiger partial charge on any atom is -0.497 e. The van der Waals surface area contributed by atoms with Crippen LogP contribution in [0.25, 0.3) is 0 Å². The van der Waals surface area contributed by atoms with Crippen molar-refractivity contribution >= 4 is 11.8 Å². The molecule has 1 aliphatic rings. The summed E-state index contributed by atoms with van der Waals surface area (Å²) in [7, 11) is 1.67. The van der Waals surface area contributed by atoms with Gasteiger partial charge in [-0.1, -0.05) is 12.1 Å². The second kappa shape index (κ2) is 7.28. The van der Waals surface area contributed by atoms with E-state index >= 15 is 0 Å². The van der Waals surface area contributed by atoms with E-state index in [1.165, 1.54) is 0 Å². The SMILES string of the molecule is COc1ccc(CNc2nc(C)cc(N3CCOCC3)n2)cc1. The van der Waals surface area contributed by atoms with E-state index in [-0.39, 0.29) is 0 Å². The van der Waals surface area contributed by atoms with Crippen LogP contribution in [0.5, 0.6) is 5.75 Å². The predicted molar refractivity (Wildman–Crippen MR) is 90.1 cm³/mol. The molecule has 2 heterocycles. The molecule has 2 aromatic rings. The number of hydrogen-bond donors (Lipinski definition) is 1. The van der Waals surface area contributed by atoms with Crippen molar-refractivity contribution in [2.24, 2.45) is 0 Å². The smallest absolute Gasteiger partial charge is 0.225 e. The summed E-state index contributed by atoms with van der Waals surface area (Å²) in [6.45, 7) is 5.90. The fraction of sp³-hybridized carbons (Fsp3) is 0.412. The molecule has 1 aromatic carbocycles. The molecular weight excluding hydrogens is 292 g/mol. The molecule has 6 nitrogen and oxygen atoms in total. The average Bonchev–Trinajstić information content (AvgIpc) is 2.61. The van der Waals surface area contributed by atoms with Crippen molar-refractivity contribution in [3.63, 3.8) is 0 Å². The lowest BCUT2D eigenvalue weighted by atomic mass is 10.2. The fourth-order valence-electron chi connectivity index (χ4n) is 2.51. The summed E-state index contributed by atoms with van der Waals surface area (Å²) in [6.07, 6.45) is 0. The van der Waals surface area contributed by atoms with Gasteiger partial charge in [-0.05, 0) is 24.6 Å². The van der Waals surface area contributed by atoms with Crippen molar-refractivity contribution in [2.75, 3.05) is 43.6 Å². The maximum atomic E-state index is 5.39. The topological polar surface area (TPSA) is 59.5 Å². The van der Waals surface area contributed by atoms with Gasteiger partial charge >= 0.3 is 0 Å². The Morgan fingerprint density at radius 1 is 1.17 bits per heavy atom. The van der Waals surface area contributed by atoms with Crippen LogP contribution in [0.3, 0.4) is 0 Å². The van der Waals surface area contributed by atoms with Gasteiger partial charge in [0.2, 0.25) is 5.95 Å². The molecule has 1 N–H and O–H groups in total. The van der Waals surface area contributed by atoms with Crippen LogP contribution in [0, 0.1) is 6.92 Å². The molecule has 0 bridgehead atoms. The van der Waals surface area contributed by atoms with E-state index in [9.17, 15) is 0 Å². The zero-order chi connectivity index (χ0) is 16.1. The molecule has 1 aromatic heterocycles. The van der Waals surface area contributed by atoms with Crippen molar-refractivity contribution in [3.05, 3.63) is 41.6 Å². The van der Waals surface area contributed by atoms with Gasteiger partial charge in [-0.2, -0.15) is 4.98 Å². The molecule has 6 heteroatoms. The number of morpholine rings is 1. The number of methoxy groups -OCH3 is 1. The normalized spacial score (nSPS) is 14.6. The minimum atomic E-state index is 0.655. The number of ether oxygens (including phenoxy) is 2. The van der Waals surface area contributed by atoms with Gasteiger partial charge in [0.1, 0.15) is 11.6 Å². The maximum absolute atomic E-state index is 5.39. The summed E-state index contributed by atoms with van der Waals surface area (Å²) in [4.78, 5) is 11.3. The van der Waals surface area contributed by atoms with E-state index in [1.807, 2.05) is 37.3 Å². The Balaban J connectivity index is 1.68. The quantitative estimate of drug-likeness (QED) is 0.913. The zero-order valence-corrected chi connectivity index (χ0v) is 13.6. The second-order valence-corrected chi connectivity index (χ2v) is 5.49. The van der Waals surface area contributed by atoms with Crippen molar-refractivity contribution in [1.29, 1.82) is 0 Å². The summed E-state index contributed by atoms with van der Waals surface area (Å²) in [5, 5.41) is 3.30. The molecule has 23 heavy (non-hydrogen) atoms. The highest BCUT2D eigenvalue weighted by molar-refractivity contribution is 5.45. The standard InChI is InChI=1S/C17H22N4O2/c1-13-11-16(21-7-9-23-10-8-21)20-17(19-13)18-12-14-3-5-15(22-2)6-4-14/h3-6,11H,7-10,12H2,1-2H3,(H,18,19,20). The van der Waals surface area contributed by atoms with Crippen LogP contribution in [-0.2, 0) is 11.3 Å². The van der Waals surface area contributed by atoms with Crippen LogP contribution >= 0.6 is 0 Å². The Kier molecular flexibility index (Phi) is 4.92. The number of anilines is 2. The summed E-state index contributed by atoms with van der Waals surface area (Å²) < 4.78 is 10.6. The summed E-state index contributed by atoms with van der Waals surface area (Å²) >= 11 is 0. The van der Waals surface area contributed by atoms with E-state index in [4.69, 9.17) is 9.47 Å². The number of nitrogens with zero attached hydrogens (tertiary/aromatic N) is 3. The first kappa shape index (κ1) is 15.6. The Labute approximate surface area is 136 Å². The summed E-state index contributed by atoms with van der Waals surface area (Å²) in [6, 6.07) is 9.99. The van der Waals surface area contributed by atoms with E-state index in [0.29, 0.717) is 12.5 Å². The Morgan fingerprint density at radius 2 is 1.91 bits per heavy atom. The Bertz CT molecular complexity index is 640. The first-order valence-corrected chi connectivity index (χ1v) is 7.80. The third kappa shape index (κ3) is 4.10. The highest BCUT2D eigenvalue weighted by atomic mass is 16.5. The highest BCUT2D eigenvalue weighted by Gasteiger charge is 2.14. The molecule has 0 radical (unpaired) electrons. The van der Waals surface area contributed by atoms with E-state index in [1.54, 1.807) is 7.11 Å². The Morgan fingerprint density at radius 3 is 2.61 bits per heavy atom. The largest absolute Gasteiger partial charge is 0.497 e. The number of nitrogens with one attached hydrogen (secondary N) is 1. The van der Waals surface area contributed by atoms with Crippen molar-refractivity contribution < 1.29 is 9.47 Å². The molecule has 0 atom stereocenters. The van der Waals surface area contributed by atoms with Gasteiger partial charge in [-0.15, -0.1) is 0 Å². The van der Waals surface area contributed by atoms with Crippen molar-refractivity contribution in [3.8, 4) is 5.75 Å².